The largest absolute Gasteiger partial charge is 0.480 e. The highest BCUT2D eigenvalue weighted by molar-refractivity contribution is 5.83. The Kier molecular flexibility index (Phi) is 2.00. The van der Waals surface area contributed by atoms with Crippen molar-refractivity contribution in [1.82, 2.24) is 4.57 Å². The van der Waals surface area contributed by atoms with Gasteiger partial charge in [0.1, 0.15) is 6.04 Å². The van der Waals surface area contributed by atoms with Gasteiger partial charge in [-0.15, -0.1) is 0 Å². The second-order valence-electron chi connectivity index (χ2n) is 3.35. The van der Waals surface area contributed by atoms with Crippen LogP contribution in [0, 0.1) is 0 Å². The molecule has 0 spiro atoms. The predicted molar refractivity (Wildman–Crippen MR) is 54.3 cm³/mol. The molecule has 0 bridgehead atoms. The van der Waals surface area contributed by atoms with Crippen LogP contribution in [0.15, 0.2) is 36.7 Å². The third-order valence-electron chi connectivity index (χ3n) is 2.38. The van der Waals surface area contributed by atoms with Gasteiger partial charge in [0.15, 0.2) is 0 Å². The molecule has 1 N–H and O–H groups in total. The second-order valence-corrected chi connectivity index (χ2v) is 3.35. The number of rotatable bonds is 2. The summed E-state index contributed by atoms with van der Waals surface area (Å²) in [5.74, 6) is -0.815. The molecule has 1 aromatic carbocycles. The third-order valence-corrected chi connectivity index (χ3v) is 2.38. The molecule has 72 valence electrons. The molecule has 0 aliphatic heterocycles. The van der Waals surface area contributed by atoms with E-state index < -0.39 is 12.0 Å². The van der Waals surface area contributed by atoms with Gasteiger partial charge >= 0.3 is 5.97 Å². The van der Waals surface area contributed by atoms with Gasteiger partial charge in [0, 0.05) is 12.4 Å². The highest BCUT2D eigenvalue weighted by atomic mass is 16.4. The van der Waals surface area contributed by atoms with Crippen molar-refractivity contribution < 1.29 is 9.90 Å². The quantitative estimate of drug-likeness (QED) is 0.787. The summed E-state index contributed by atoms with van der Waals surface area (Å²) < 4.78 is 1.72. The van der Waals surface area contributed by atoms with Crippen LogP contribution in [0.2, 0.25) is 0 Å². The van der Waals surface area contributed by atoms with Crippen LogP contribution < -0.4 is 0 Å². The molecule has 0 saturated heterocycles. The zero-order valence-electron chi connectivity index (χ0n) is 7.84. The van der Waals surface area contributed by atoms with Crippen molar-refractivity contribution in [3.8, 4) is 0 Å². The summed E-state index contributed by atoms with van der Waals surface area (Å²) in [4.78, 5) is 10.8. The Morgan fingerprint density at radius 3 is 2.21 bits per heavy atom. The maximum atomic E-state index is 10.8. The first-order valence-electron chi connectivity index (χ1n) is 4.47. The van der Waals surface area contributed by atoms with Crippen LogP contribution in [0.25, 0.3) is 10.8 Å². The van der Waals surface area contributed by atoms with Crippen molar-refractivity contribution >= 4 is 16.7 Å². The lowest BCUT2D eigenvalue weighted by atomic mass is 10.2. The van der Waals surface area contributed by atoms with Crippen LogP contribution in [0.4, 0.5) is 0 Å². The van der Waals surface area contributed by atoms with Gasteiger partial charge in [0.25, 0.3) is 0 Å². The third kappa shape index (κ3) is 1.37. The lowest BCUT2D eigenvalue weighted by molar-refractivity contribution is -0.140. The fraction of sp³-hybridized carbons (Fsp3) is 0.182. The summed E-state index contributed by atoms with van der Waals surface area (Å²) in [6.07, 6.45) is 3.71. The minimum atomic E-state index is -0.815. The summed E-state index contributed by atoms with van der Waals surface area (Å²) in [5.41, 5.74) is 0. The maximum absolute atomic E-state index is 10.8. The highest BCUT2D eigenvalue weighted by Gasteiger charge is 2.12. The van der Waals surface area contributed by atoms with E-state index in [1.807, 2.05) is 36.7 Å². The van der Waals surface area contributed by atoms with Gasteiger partial charge in [-0.05, 0) is 17.7 Å². The van der Waals surface area contributed by atoms with Crippen LogP contribution in [-0.2, 0) is 4.79 Å². The SMILES string of the molecule is CC(C(=O)O)n1cc2ccccc2c1. The molecule has 0 aliphatic rings. The summed E-state index contributed by atoms with van der Waals surface area (Å²) >= 11 is 0. The van der Waals surface area contributed by atoms with Gasteiger partial charge in [0.2, 0.25) is 0 Å². The topological polar surface area (TPSA) is 42.2 Å². The van der Waals surface area contributed by atoms with Crippen LogP contribution in [-0.4, -0.2) is 15.6 Å². The van der Waals surface area contributed by atoms with Crippen LogP contribution in [0.1, 0.15) is 13.0 Å². The zero-order chi connectivity index (χ0) is 10.1. The Morgan fingerprint density at radius 2 is 1.79 bits per heavy atom. The Bertz CT molecular complexity index is 440. The van der Waals surface area contributed by atoms with Crippen molar-refractivity contribution in [3.05, 3.63) is 36.7 Å². The molecular weight excluding hydrogens is 178 g/mol. The van der Waals surface area contributed by atoms with E-state index in [1.165, 1.54) is 0 Å². The molecule has 0 radical (unpaired) electrons. The predicted octanol–water partition coefficient (Wildman–Crippen LogP) is 2.29. The molecule has 0 amide bonds. The van der Waals surface area contributed by atoms with Crippen molar-refractivity contribution in [2.45, 2.75) is 13.0 Å². The smallest absolute Gasteiger partial charge is 0.326 e. The summed E-state index contributed by atoms with van der Waals surface area (Å²) in [5, 5.41) is 11.0. The van der Waals surface area contributed by atoms with Crippen molar-refractivity contribution in [2.75, 3.05) is 0 Å². The maximum Gasteiger partial charge on any atom is 0.326 e. The fourth-order valence-corrected chi connectivity index (χ4v) is 1.46. The van der Waals surface area contributed by atoms with Crippen molar-refractivity contribution in [1.29, 1.82) is 0 Å². The van der Waals surface area contributed by atoms with E-state index in [1.54, 1.807) is 11.5 Å². The van der Waals surface area contributed by atoms with Gasteiger partial charge < -0.3 is 9.67 Å². The number of nitrogens with zero attached hydrogens (tertiary/aromatic N) is 1. The normalized spacial score (nSPS) is 12.9. The van der Waals surface area contributed by atoms with E-state index in [0.29, 0.717) is 0 Å². The standard InChI is InChI=1S/C11H11NO2/c1-8(11(13)14)12-6-9-4-2-3-5-10(9)7-12/h2-8H,1H3,(H,13,14). The first-order valence-corrected chi connectivity index (χ1v) is 4.47. The van der Waals surface area contributed by atoms with Gasteiger partial charge in [-0.1, -0.05) is 24.3 Å². The van der Waals surface area contributed by atoms with E-state index in [-0.39, 0.29) is 0 Å². The first-order chi connectivity index (χ1) is 6.68. The number of carbonyl (C=O) groups is 1. The molecule has 1 aromatic heterocycles. The Hall–Kier alpha value is -1.77. The van der Waals surface area contributed by atoms with Crippen LogP contribution >= 0.6 is 0 Å². The summed E-state index contributed by atoms with van der Waals surface area (Å²) in [7, 11) is 0. The number of aromatic nitrogens is 1. The fourth-order valence-electron chi connectivity index (χ4n) is 1.46. The van der Waals surface area contributed by atoms with E-state index in [9.17, 15) is 4.79 Å². The Labute approximate surface area is 81.6 Å². The van der Waals surface area contributed by atoms with E-state index in [4.69, 9.17) is 5.11 Å². The lowest BCUT2D eigenvalue weighted by Gasteiger charge is -2.06. The van der Waals surface area contributed by atoms with Crippen LogP contribution in [0.5, 0.6) is 0 Å². The number of carboxylic acids is 1. The monoisotopic (exact) mass is 189 g/mol. The van der Waals surface area contributed by atoms with Gasteiger partial charge in [-0.2, -0.15) is 0 Å². The van der Waals surface area contributed by atoms with E-state index >= 15 is 0 Å². The minimum absolute atomic E-state index is 0.512. The summed E-state index contributed by atoms with van der Waals surface area (Å²) in [6.45, 7) is 1.67. The van der Waals surface area contributed by atoms with Crippen molar-refractivity contribution in [2.24, 2.45) is 0 Å². The van der Waals surface area contributed by atoms with Crippen LogP contribution in [0.3, 0.4) is 0 Å². The Morgan fingerprint density at radius 1 is 1.29 bits per heavy atom. The second kappa shape index (κ2) is 3.18. The molecule has 2 rings (SSSR count). The first kappa shape index (κ1) is 8.81. The van der Waals surface area contributed by atoms with E-state index in [2.05, 4.69) is 0 Å². The van der Waals surface area contributed by atoms with Gasteiger partial charge in [-0.25, -0.2) is 4.79 Å². The lowest BCUT2D eigenvalue weighted by Crippen LogP contribution is -2.13. The molecule has 0 fully saturated rings. The summed E-state index contributed by atoms with van der Waals surface area (Å²) in [6, 6.07) is 7.32. The molecule has 14 heavy (non-hydrogen) atoms. The molecule has 0 saturated carbocycles. The number of fused-ring (bicyclic) bond motifs is 1. The molecule has 2 aromatic rings. The zero-order valence-corrected chi connectivity index (χ0v) is 7.84. The average molecular weight is 189 g/mol. The number of hydrogen-bond acceptors (Lipinski definition) is 1. The molecule has 1 unspecified atom stereocenters. The van der Waals surface area contributed by atoms with Gasteiger partial charge in [0.05, 0.1) is 0 Å². The number of carboxylic acid groups (broad SMARTS) is 1. The molecule has 1 heterocycles. The number of aliphatic carboxylic acids is 1. The molecule has 1 atom stereocenters. The highest BCUT2D eigenvalue weighted by Crippen LogP contribution is 2.18. The number of benzene rings is 1. The molecule has 3 nitrogen and oxygen atoms in total. The molecular formula is C11H11NO2. The average Bonchev–Trinajstić information content (AvgIpc) is 2.59. The molecule has 0 aliphatic carbocycles. The molecule has 3 heteroatoms. The minimum Gasteiger partial charge on any atom is -0.480 e. The number of hydrogen-bond donors (Lipinski definition) is 1. The van der Waals surface area contributed by atoms with E-state index in [0.717, 1.165) is 10.8 Å². The Balaban J connectivity index is 2.50. The van der Waals surface area contributed by atoms with Crippen molar-refractivity contribution in [3.63, 3.8) is 0 Å². The van der Waals surface area contributed by atoms with Gasteiger partial charge in [-0.3, -0.25) is 0 Å².